The molecule has 4 bridgehead atoms. The lowest BCUT2D eigenvalue weighted by atomic mass is 10.1. The number of hydrogen-bond acceptors (Lipinski definition) is 4. The van der Waals surface area contributed by atoms with Crippen molar-refractivity contribution in [2.75, 3.05) is 26.4 Å². The summed E-state index contributed by atoms with van der Waals surface area (Å²) in [7, 11) is 0. The van der Waals surface area contributed by atoms with E-state index in [1.54, 1.807) is 0 Å². The summed E-state index contributed by atoms with van der Waals surface area (Å²) >= 11 is 0. The summed E-state index contributed by atoms with van der Waals surface area (Å²) in [6.45, 7) is 14.4. The summed E-state index contributed by atoms with van der Waals surface area (Å²) in [5.74, 6) is 3.29. The van der Waals surface area contributed by atoms with Gasteiger partial charge < -0.3 is 18.9 Å². The average Bonchev–Trinajstić information content (AvgIpc) is 3.68. The third kappa shape index (κ3) is 8.38. The van der Waals surface area contributed by atoms with Gasteiger partial charge in [0.1, 0.15) is 26.2 Å². The standard InChI is InChI=1S/C46H58N4O4/c1-5-9-21-51-43-25-39-40(26-44(43)52-22-10-6-2)48-30-36-18-15-16-20-38(36)32-50-34-49(31-37-19-14-13-17-35(37)29-47(39)33-48)41-27-45(53-23-11-7-3)46(28-42(41)50)54-24-12-8-4/h13-20,25-28,33-34H,5-12,21-24,29-32H2,1-4H3/q+2. The van der Waals surface area contributed by atoms with E-state index in [0.29, 0.717) is 26.4 Å². The molecule has 0 unspecified atom stereocenters. The number of imidazole rings is 2. The average molecular weight is 731 g/mol. The van der Waals surface area contributed by atoms with Crippen molar-refractivity contribution < 1.29 is 28.1 Å². The van der Waals surface area contributed by atoms with Crippen molar-refractivity contribution in [1.82, 2.24) is 9.13 Å². The predicted octanol–water partition coefficient (Wildman–Crippen LogP) is 9.39. The van der Waals surface area contributed by atoms with Crippen molar-refractivity contribution in [3.8, 4) is 23.0 Å². The summed E-state index contributed by atoms with van der Waals surface area (Å²) in [6, 6.07) is 26.5. The van der Waals surface area contributed by atoms with Gasteiger partial charge in [-0.05, 0) is 25.7 Å². The number of benzene rings is 4. The van der Waals surface area contributed by atoms with Gasteiger partial charge >= 0.3 is 0 Å². The monoisotopic (exact) mass is 730 g/mol. The van der Waals surface area contributed by atoms with Crippen LogP contribution in [0.25, 0.3) is 22.1 Å². The second-order valence-corrected chi connectivity index (χ2v) is 14.7. The van der Waals surface area contributed by atoms with Gasteiger partial charge in [-0.25, -0.2) is 18.3 Å². The van der Waals surface area contributed by atoms with Crippen LogP contribution in [0.4, 0.5) is 0 Å². The molecule has 284 valence electrons. The van der Waals surface area contributed by atoms with Crippen LogP contribution in [0.1, 0.15) is 101 Å². The van der Waals surface area contributed by atoms with Crippen LogP contribution < -0.4 is 28.1 Å². The zero-order chi connectivity index (χ0) is 37.3. The SMILES string of the molecule is CCCCOc1cc2c(cc1OCCCC)[n+]1cn2Cc2ccccc2C[n+]2cn(c3cc(OCCCC)c(OCCCC)cc32)Cc2ccccc2C1. The Bertz CT molecular complexity index is 1870. The first-order chi connectivity index (χ1) is 26.6. The summed E-state index contributed by atoms with van der Waals surface area (Å²) in [5.41, 5.74) is 9.67. The predicted molar refractivity (Wildman–Crippen MR) is 215 cm³/mol. The molecular weight excluding hydrogens is 673 g/mol. The maximum absolute atomic E-state index is 6.42. The molecule has 8 nitrogen and oxygen atoms in total. The summed E-state index contributed by atoms with van der Waals surface area (Å²) in [6.07, 6.45) is 12.9. The molecule has 54 heavy (non-hydrogen) atoms. The first kappa shape index (κ1) is 37.3. The molecule has 0 saturated heterocycles. The summed E-state index contributed by atoms with van der Waals surface area (Å²) in [4.78, 5) is 0. The second kappa shape index (κ2) is 17.9. The van der Waals surface area contributed by atoms with Gasteiger partial charge in [0.2, 0.25) is 12.7 Å². The molecule has 6 aromatic rings. The topological polar surface area (TPSA) is 54.5 Å². The lowest BCUT2D eigenvalue weighted by Crippen LogP contribution is -2.34. The van der Waals surface area contributed by atoms with E-state index in [0.717, 1.165) is 123 Å². The lowest BCUT2D eigenvalue weighted by Gasteiger charge is -2.13. The molecule has 0 saturated carbocycles. The van der Waals surface area contributed by atoms with Crippen LogP contribution in [-0.2, 0) is 26.2 Å². The Labute approximate surface area is 320 Å². The quantitative estimate of drug-likeness (QED) is 0.0735. The highest BCUT2D eigenvalue weighted by Gasteiger charge is 2.26. The maximum atomic E-state index is 6.42. The van der Waals surface area contributed by atoms with Gasteiger partial charge in [-0.1, -0.05) is 102 Å². The Morgan fingerprint density at radius 3 is 1.15 bits per heavy atom. The molecule has 7 rings (SSSR count). The fourth-order valence-electron chi connectivity index (χ4n) is 7.31. The smallest absolute Gasteiger partial charge is 0.245 e. The zero-order valence-electron chi connectivity index (χ0n) is 32.8. The summed E-state index contributed by atoms with van der Waals surface area (Å²) in [5, 5.41) is 0. The lowest BCUT2D eigenvalue weighted by molar-refractivity contribution is -0.664. The molecule has 0 atom stereocenters. The van der Waals surface area contributed by atoms with E-state index in [1.165, 1.54) is 22.3 Å². The number of nitrogens with zero attached hydrogens (tertiary/aromatic N) is 4. The number of rotatable bonds is 16. The molecule has 0 radical (unpaired) electrons. The number of fused-ring (bicyclic) bond motifs is 12. The van der Waals surface area contributed by atoms with E-state index < -0.39 is 0 Å². The van der Waals surface area contributed by atoms with Crippen LogP contribution in [0.2, 0.25) is 0 Å². The highest BCUT2D eigenvalue weighted by atomic mass is 16.5. The fraction of sp³-hybridized carbons (Fsp3) is 0.435. The fourth-order valence-corrected chi connectivity index (χ4v) is 7.31. The molecule has 8 heteroatoms. The highest BCUT2D eigenvalue weighted by molar-refractivity contribution is 5.78. The van der Waals surface area contributed by atoms with Crippen LogP contribution in [0, 0.1) is 0 Å². The van der Waals surface area contributed by atoms with Gasteiger partial charge in [0.25, 0.3) is 0 Å². The third-order valence-corrected chi connectivity index (χ3v) is 10.5. The van der Waals surface area contributed by atoms with Crippen molar-refractivity contribution >= 4 is 22.1 Å². The van der Waals surface area contributed by atoms with Gasteiger partial charge in [0, 0.05) is 46.5 Å². The molecule has 0 N–H and O–H groups in total. The molecule has 1 aliphatic heterocycles. The molecule has 1 aliphatic rings. The van der Waals surface area contributed by atoms with Gasteiger partial charge in [-0.2, -0.15) is 0 Å². The minimum Gasteiger partial charge on any atom is -0.490 e. The molecular formula is C46H58N4O4+2. The van der Waals surface area contributed by atoms with Crippen LogP contribution in [0.5, 0.6) is 23.0 Å². The molecule has 0 spiro atoms. The van der Waals surface area contributed by atoms with E-state index in [4.69, 9.17) is 18.9 Å². The first-order valence-electron chi connectivity index (χ1n) is 20.4. The molecule has 4 aromatic carbocycles. The largest absolute Gasteiger partial charge is 0.490 e. The molecule has 2 aromatic heterocycles. The van der Waals surface area contributed by atoms with Gasteiger partial charge in [0.05, 0.1) is 26.4 Å². The zero-order valence-corrected chi connectivity index (χ0v) is 32.8. The van der Waals surface area contributed by atoms with Crippen LogP contribution >= 0.6 is 0 Å². The van der Waals surface area contributed by atoms with Crippen molar-refractivity contribution in [2.45, 2.75) is 105 Å². The highest BCUT2D eigenvalue weighted by Crippen LogP contribution is 2.35. The molecule has 0 aliphatic carbocycles. The van der Waals surface area contributed by atoms with Gasteiger partial charge in [-0.15, -0.1) is 0 Å². The normalized spacial score (nSPS) is 12.7. The van der Waals surface area contributed by atoms with E-state index in [2.05, 4.69) is 131 Å². The number of hydrogen-bond donors (Lipinski definition) is 0. The van der Waals surface area contributed by atoms with Crippen molar-refractivity contribution in [2.24, 2.45) is 0 Å². The van der Waals surface area contributed by atoms with Crippen LogP contribution in [0.15, 0.2) is 85.5 Å². The first-order valence-corrected chi connectivity index (χ1v) is 20.4. The van der Waals surface area contributed by atoms with E-state index in [1.807, 2.05) is 0 Å². The van der Waals surface area contributed by atoms with Gasteiger partial charge in [0.15, 0.2) is 45.1 Å². The third-order valence-electron chi connectivity index (χ3n) is 10.5. The van der Waals surface area contributed by atoms with Crippen LogP contribution in [0.3, 0.4) is 0 Å². The Hall–Kier alpha value is -4.98. The maximum Gasteiger partial charge on any atom is 0.245 e. The number of ether oxygens (including phenoxy) is 4. The summed E-state index contributed by atoms with van der Waals surface area (Å²) < 4.78 is 35.2. The van der Waals surface area contributed by atoms with Crippen molar-refractivity contribution in [1.29, 1.82) is 0 Å². The minimum absolute atomic E-state index is 0.672. The molecule has 0 amide bonds. The van der Waals surface area contributed by atoms with Crippen molar-refractivity contribution in [3.63, 3.8) is 0 Å². The number of aromatic nitrogens is 4. The molecule has 0 fully saturated rings. The molecule has 3 heterocycles. The Balaban J connectivity index is 1.38. The van der Waals surface area contributed by atoms with Crippen LogP contribution in [-0.4, -0.2) is 35.6 Å². The van der Waals surface area contributed by atoms with E-state index in [-0.39, 0.29) is 0 Å². The van der Waals surface area contributed by atoms with E-state index >= 15 is 0 Å². The Morgan fingerprint density at radius 1 is 0.463 bits per heavy atom. The van der Waals surface area contributed by atoms with Crippen molar-refractivity contribution in [3.05, 3.63) is 108 Å². The minimum atomic E-state index is 0.672. The number of unbranched alkanes of at least 4 members (excludes halogenated alkanes) is 4. The second-order valence-electron chi connectivity index (χ2n) is 14.7. The Morgan fingerprint density at radius 2 is 0.796 bits per heavy atom. The van der Waals surface area contributed by atoms with E-state index in [9.17, 15) is 0 Å². The Kier molecular flexibility index (Phi) is 12.4. The van der Waals surface area contributed by atoms with Gasteiger partial charge in [-0.3, -0.25) is 0 Å².